The molecule has 2 aromatic carbocycles. The van der Waals surface area contributed by atoms with Crippen LogP contribution in [0.2, 0.25) is 0 Å². The number of hydrogen-bond acceptors (Lipinski definition) is 6. The van der Waals surface area contributed by atoms with Gasteiger partial charge in [-0.3, -0.25) is 19.7 Å². The molecule has 36 heavy (non-hydrogen) atoms. The van der Waals surface area contributed by atoms with Crippen molar-refractivity contribution in [3.05, 3.63) is 109 Å². The van der Waals surface area contributed by atoms with Crippen molar-refractivity contribution < 1.29 is 9.53 Å². The van der Waals surface area contributed by atoms with Crippen LogP contribution in [0.15, 0.2) is 97.6 Å². The molecule has 1 N–H and O–H groups in total. The van der Waals surface area contributed by atoms with Crippen LogP contribution in [0.5, 0.6) is 11.5 Å². The van der Waals surface area contributed by atoms with Gasteiger partial charge in [0, 0.05) is 56.9 Å². The molecule has 3 heterocycles. The van der Waals surface area contributed by atoms with Gasteiger partial charge in [-0.15, -0.1) is 0 Å². The van der Waals surface area contributed by atoms with E-state index in [1.165, 1.54) is 5.56 Å². The Bertz CT molecular complexity index is 1260. The van der Waals surface area contributed by atoms with E-state index < -0.39 is 0 Å². The highest BCUT2D eigenvalue weighted by molar-refractivity contribution is 6.06. The number of para-hydroxylation sites is 2. The van der Waals surface area contributed by atoms with Gasteiger partial charge in [0.1, 0.15) is 11.5 Å². The highest BCUT2D eigenvalue weighted by atomic mass is 16.5. The number of carbonyl (C=O) groups excluding carboxylic acids is 1. The summed E-state index contributed by atoms with van der Waals surface area (Å²) in [6.07, 6.45) is 8.08. The molecule has 0 unspecified atom stereocenters. The number of aromatic nitrogens is 2. The Labute approximate surface area is 211 Å². The van der Waals surface area contributed by atoms with Crippen molar-refractivity contribution >= 4 is 17.3 Å². The first kappa shape index (κ1) is 23.5. The third-order valence-corrected chi connectivity index (χ3v) is 6.32. The fraction of sp³-hybridized carbons (Fsp3) is 0.207. The smallest absolute Gasteiger partial charge is 0.255 e. The van der Waals surface area contributed by atoms with Gasteiger partial charge in [-0.25, -0.2) is 0 Å². The van der Waals surface area contributed by atoms with Gasteiger partial charge in [-0.1, -0.05) is 12.1 Å². The van der Waals surface area contributed by atoms with Gasteiger partial charge >= 0.3 is 0 Å². The van der Waals surface area contributed by atoms with E-state index in [2.05, 4.69) is 43.3 Å². The molecular weight excluding hydrogens is 450 g/mol. The summed E-state index contributed by atoms with van der Waals surface area (Å²) in [7, 11) is 0. The van der Waals surface area contributed by atoms with Crippen LogP contribution in [0, 0.1) is 0 Å². The van der Waals surface area contributed by atoms with Crippen LogP contribution in [-0.4, -0.2) is 53.5 Å². The number of piperazine rings is 1. The summed E-state index contributed by atoms with van der Waals surface area (Å²) >= 11 is 0. The number of nitrogens with zero attached hydrogens (tertiary/aromatic N) is 4. The predicted molar refractivity (Wildman–Crippen MR) is 142 cm³/mol. The summed E-state index contributed by atoms with van der Waals surface area (Å²) in [6, 6.07) is 22.9. The molecule has 182 valence electrons. The lowest BCUT2D eigenvalue weighted by Crippen LogP contribution is -2.47. The lowest BCUT2D eigenvalue weighted by molar-refractivity contribution is 0.102. The Morgan fingerprint density at radius 3 is 2.33 bits per heavy atom. The van der Waals surface area contributed by atoms with Crippen LogP contribution in [0.3, 0.4) is 0 Å². The van der Waals surface area contributed by atoms with E-state index in [0.29, 0.717) is 17.1 Å². The van der Waals surface area contributed by atoms with Crippen LogP contribution in [0.1, 0.15) is 15.9 Å². The maximum atomic E-state index is 13.0. The number of amides is 1. The second kappa shape index (κ2) is 11.5. The topological polar surface area (TPSA) is 70.6 Å². The minimum Gasteiger partial charge on any atom is -0.456 e. The molecule has 0 radical (unpaired) electrons. The monoisotopic (exact) mass is 479 g/mol. The average molecular weight is 480 g/mol. The van der Waals surface area contributed by atoms with Gasteiger partial charge in [0.25, 0.3) is 5.91 Å². The Hall–Kier alpha value is -4.23. The molecule has 0 aliphatic carbocycles. The zero-order valence-electron chi connectivity index (χ0n) is 20.1. The van der Waals surface area contributed by atoms with Crippen LogP contribution < -0.4 is 15.0 Å². The number of carbonyl (C=O) groups is 1. The Balaban J connectivity index is 1.17. The normalized spacial score (nSPS) is 13.8. The maximum absolute atomic E-state index is 13.0. The van der Waals surface area contributed by atoms with Crippen molar-refractivity contribution in [3.63, 3.8) is 0 Å². The van der Waals surface area contributed by atoms with Gasteiger partial charge in [-0.2, -0.15) is 0 Å². The van der Waals surface area contributed by atoms with Crippen molar-refractivity contribution in [2.75, 3.05) is 42.9 Å². The molecule has 7 heteroatoms. The molecule has 0 spiro atoms. The first-order valence-electron chi connectivity index (χ1n) is 12.2. The second-order valence-corrected chi connectivity index (χ2v) is 8.72. The Morgan fingerprint density at radius 1 is 0.806 bits per heavy atom. The van der Waals surface area contributed by atoms with Crippen molar-refractivity contribution in [1.29, 1.82) is 0 Å². The van der Waals surface area contributed by atoms with Crippen LogP contribution in [-0.2, 0) is 6.42 Å². The van der Waals surface area contributed by atoms with Crippen LogP contribution >= 0.6 is 0 Å². The molecule has 2 aromatic heterocycles. The highest BCUT2D eigenvalue weighted by Gasteiger charge is 2.20. The minimum absolute atomic E-state index is 0.147. The molecule has 4 aromatic rings. The zero-order valence-corrected chi connectivity index (χ0v) is 20.1. The average Bonchev–Trinajstić information content (AvgIpc) is 2.94. The van der Waals surface area contributed by atoms with E-state index in [1.807, 2.05) is 42.7 Å². The van der Waals surface area contributed by atoms with Crippen molar-refractivity contribution in [3.8, 4) is 11.5 Å². The van der Waals surface area contributed by atoms with E-state index in [9.17, 15) is 4.79 Å². The number of hydrogen-bond donors (Lipinski definition) is 1. The standard InChI is InChI=1S/C29H29N5O2/c35-29(24-7-9-25(10-8-24)36-26-4-3-14-31-22-26)32-27-5-1-2-6-28(27)34-20-18-33(19-21-34)17-13-23-11-15-30-16-12-23/h1-12,14-16,22H,13,17-21H2,(H,32,35). The first-order chi connectivity index (χ1) is 17.7. The SMILES string of the molecule is O=C(Nc1ccccc1N1CCN(CCc2ccncc2)CC1)c1ccc(Oc2cccnc2)cc1. The third kappa shape index (κ3) is 6.06. The van der Waals surface area contributed by atoms with E-state index in [1.54, 1.807) is 36.7 Å². The molecule has 1 aliphatic rings. The van der Waals surface area contributed by atoms with Crippen molar-refractivity contribution in [2.45, 2.75) is 6.42 Å². The first-order valence-corrected chi connectivity index (χ1v) is 12.2. The maximum Gasteiger partial charge on any atom is 0.255 e. The Kier molecular flexibility index (Phi) is 7.49. The molecule has 0 saturated carbocycles. The van der Waals surface area contributed by atoms with Gasteiger partial charge in [0.2, 0.25) is 0 Å². The largest absolute Gasteiger partial charge is 0.456 e. The number of nitrogens with one attached hydrogen (secondary N) is 1. The quantitative estimate of drug-likeness (QED) is 0.388. The lowest BCUT2D eigenvalue weighted by Gasteiger charge is -2.37. The van der Waals surface area contributed by atoms with E-state index in [4.69, 9.17) is 4.74 Å². The summed E-state index contributed by atoms with van der Waals surface area (Å²) in [5, 5.41) is 3.10. The summed E-state index contributed by atoms with van der Waals surface area (Å²) < 4.78 is 5.77. The molecule has 0 atom stereocenters. The fourth-order valence-corrected chi connectivity index (χ4v) is 4.32. The molecular formula is C29H29N5O2. The van der Waals surface area contributed by atoms with Gasteiger partial charge in [-0.05, 0) is 72.6 Å². The summed E-state index contributed by atoms with van der Waals surface area (Å²) in [4.78, 5) is 26.0. The lowest BCUT2D eigenvalue weighted by atomic mass is 10.1. The van der Waals surface area contributed by atoms with Gasteiger partial charge in [0.15, 0.2) is 0 Å². The third-order valence-electron chi connectivity index (χ3n) is 6.32. The summed E-state index contributed by atoms with van der Waals surface area (Å²) in [5.41, 5.74) is 3.76. The highest BCUT2D eigenvalue weighted by Crippen LogP contribution is 2.28. The summed E-state index contributed by atoms with van der Waals surface area (Å²) in [6.45, 7) is 4.86. The zero-order chi connectivity index (χ0) is 24.6. The molecule has 1 aliphatic heterocycles. The number of rotatable bonds is 8. The number of ether oxygens (including phenoxy) is 1. The van der Waals surface area contributed by atoms with E-state index in [0.717, 1.165) is 50.5 Å². The molecule has 0 bridgehead atoms. The Morgan fingerprint density at radius 2 is 1.58 bits per heavy atom. The number of pyridine rings is 2. The molecule has 1 amide bonds. The minimum atomic E-state index is -0.147. The fourth-order valence-electron chi connectivity index (χ4n) is 4.32. The number of benzene rings is 2. The summed E-state index contributed by atoms with van der Waals surface area (Å²) in [5.74, 6) is 1.16. The van der Waals surface area contributed by atoms with E-state index in [-0.39, 0.29) is 5.91 Å². The molecule has 7 nitrogen and oxygen atoms in total. The molecule has 1 fully saturated rings. The van der Waals surface area contributed by atoms with Crippen LogP contribution in [0.4, 0.5) is 11.4 Å². The molecule has 5 rings (SSSR count). The van der Waals surface area contributed by atoms with E-state index >= 15 is 0 Å². The van der Waals surface area contributed by atoms with Crippen LogP contribution in [0.25, 0.3) is 0 Å². The van der Waals surface area contributed by atoms with Crippen molar-refractivity contribution in [1.82, 2.24) is 14.9 Å². The molecule has 1 saturated heterocycles. The van der Waals surface area contributed by atoms with Gasteiger partial charge in [0.05, 0.1) is 17.6 Å². The van der Waals surface area contributed by atoms with Crippen molar-refractivity contribution in [2.24, 2.45) is 0 Å². The second-order valence-electron chi connectivity index (χ2n) is 8.72. The number of anilines is 2. The van der Waals surface area contributed by atoms with Gasteiger partial charge < -0.3 is 15.0 Å². The predicted octanol–water partition coefficient (Wildman–Crippen LogP) is 4.89.